The van der Waals surface area contributed by atoms with Crippen molar-refractivity contribution in [1.82, 2.24) is 10.2 Å². The summed E-state index contributed by atoms with van der Waals surface area (Å²) in [5, 5.41) is 12.8. The van der Waals surface area contributed by atoms with Gasteiger partial charge in [0.1, 0.15) is 0 Å². The van der Waals surface area contributed by atoms with E-state index in [4.69, 9.17) is 0 Å². The molecule has 1 aliphatic rings. The molecule has 0 bridgehead atoms. The maximum Gasteiger partial charge on any atom is 0.0639 e. The van der Waals surface area contributed by atoms with E-state index in [1.54, 1.807) is 0 Å². The van der Waals surface area contributed by atoms with Crippen LogP contribution >= 0.6 is 0 Å². The summed E-state index contributed by atoms with van der Waals surface area (Å²) in [6.07, 6.45) is 3.51. The quantitative estimate of drug-likeness (QED) is 0.690. The first-order chi connectivity index (χ1) is 6.74. The van der Waals surface area contributed by atoms with Gasteiger partial charge in [0.15, 0.2) is 0 Å². The standard InChI is InChI=1S/C11H24N2O/c1-3-7-13(9-10(2)14)11-5-4-6-12-8-11/h10-12,14H,3-9H2,1-2H3/t10-,11?/m0/s1. The average Bonchev–Trinajstić information content (AvgIpc) is 2.18. The molecule has 0 aromatic carbocycles. The van der Waals surface area contributed by atoms with Gasteiger partial charge in [0.05, 0.1) is 6.10 Å². The molecule has 1 unspecified atom stereocenters. The van der Waals surface area contributed by atoms with E-state index < -0.39 is 0 Å². The van der Waals surface area contributed by atoms with Crippen molar-refractivity contribution in [2.75, 3.05) is 26.2 Å². The van der Waals surface area contributed by atoms with E-state index in [9.17, 15) is 5.11 Å². The maximum atomic E-state index is 9.42. The van der Waals surface area contributed by atoms with E-state index in [1.807, 2.05) is 6.92 Å². The van der Waals surface area contributed by atoms with Gasteiger partial charge in [-0.2, -0.15) is 0 Å². The zero-order chi connectivity index (χ0) is 10.4. The largest absolute Gasteiger partial charge is 0.392 e. The van der Waals surface area contributed by atoms with Crippen molar-refractivity contribution in [3.8, 4) is 0 Å². The molecule has 1 saturated heterocycles. The third-order valence-electron chi connectivity index (χ3n) is 2.80. The van der Waals surface area contributed by atoms with E-state index in [-0.39, 0.29) is 6.10 Å². The van der Waals surface area contributed by atoms with Gasteiger partial charge in [-0.15, -0.1) is 0 Å². The van der Waals surface area contributed by atoms with Gasteiger partial charge in [-0.05, 0) is 39.3 Å². The van der Waals surface area contributed by atoms with Crippen LogP contribution in [0.1, 0.15) is 33.1 Å². The lowest BCUT2D eigenvalue weighted by molar-refractivity contribution is 0.0873. The molecule has 3 nitrogen and oxygen atoms in total. The van der Waals surface area contributed by atoms with Crippen LogP contribution in [-0.4, -0.2) is 48.3 Å². The lowest BCUT2D eigenvalue weighted by Crippen LogP contribution is -2.48. The van der Waals surface area contributed by atoms with Crippen molar-refractivity contribution >= 4 is 0 Å². The van der Waals surface area contributed by atoms with Gasteiger partial charge >= 0.3 is 0 Å². The summed E-state index contributed by atoms with van der Waals surface area (Å²) >= 11 is 0. The smallest absolute Gasteiger partial charge is 0.0639 e. The van der Waals surface area contributed by atoms with Crippen LogP contribution in [-0.2, 0) is 0 Å². The SMILES string of the molecule is CCCN(C[C@H](C)O)C1CCCNC1. The minimum absolute atomic E-state index is 0.205. The third kappa shape index (κ3) is 3.95. The molecule has 0 aromatic heterocycles. The molecule has 1 fully saturated rings. The number of hydrogen-bond acceptors (Lipinski definition) is 3. The van der Waals surface area contributed by atoms with Gasteiger partial charge in [0, 0.05) is 19.1 Å². The predicted molar refractivity (Wildman–Crippen MR) is 59.4 cm³/mol. The Hall–Kier alpha value is -0.120. The van der Waals surface area contributed by atoms with Crippen molar-refractivity contribution in [2.24, 2.45) is 0 Å². The molecule has 0 spiro atoms. The minimum Gasteiger partial charge on any atom is -0.392 e. The molecule has 0 aliphatic carbocycles. The second kappa shape index (κ2) is 6.38. The Morgan fingerprint density at radius 1 is 1.57 bits per heavy atom. The molecule has 1 rings (SSSR count). The molecule has 0 radical (unpaired) electrons. The summed E-state index contributed by atoms with van der Waals surface area (Å²) in [5.41, 5.74) is 0. The van der Waals surface area contributed by atoms with Crippen molar-refractivity contribution in [3.63, 3.8) is 0 Å². The Bertz CT molecular complexity index is 144. The Labute approximate surface area is 87.5 Å². The zero-order valence-corrected chi connectivity index (χ0v) is 9.50. The molecule has 0 aromatic rings. The first-order valence-corrected chi connectivity index (χ1v) is 5.87. The monoisotopic (exact) mass is 200 g/mol. The molecule has 84 valence electrons. The number of nitrogens with zero attached hydrogens (tertiary/aromatic N) is 1. The van der Waals surface area contributed by atoms with Crippen LogP contribution < -0.4 is 5.32 Å². The first kappa shape index (κ1) is 12.0. The lowest BCUT2D eigenvalue weighted by atomic mass is 10.1. The summed E-state index contributed by atoms with van der Waals surface area (Å²) in [6.45, 7) is 8.25. The summed E-state index contributed by atoms with van der Waals surface area (Å²) in [6, 6.07) is 0.637. The molecule has 2 N–H and O–H groups in total. The normalized spacial score (nSPS) is 25.3. The predicted octanol–water partition coefficient (Wildman–Crippen LogP) is 0.831. The average molecular weight is 200 g/mol. The summed E-state index contributed by atoms with van der Waals surface area (Å²) in [7, 11) is 0. The second-order valence-electron chi connectivity index (χ2n) is 4.34. The van der Waals surface area contributed by atoms with Crippen molar-refractivity contribution in [1.29, 1.82) is 0 Å². The van der Waals surface area contributed by atoms with Crippen LogP contribution in [0.5, 0.6) is 0 Å². The third-order valence-corrected chi connectivity index (χ3v) is 2.80. The Morgan fingerprint density at radius 2 is 2.36 bits per heavy atom. The number of hydrogen-bond donors (Lipinski definition) is 2. The summed E-state index contributed by atoms with van der Waals surface area (Å²) in [4.78, 5) is 2.43. The molecular weight excluding hydrogens is 176 g/mol. The zero-order valence-electron chi connectivity index (χ0n) is 9.50. The van der Waals surface area contributed by atoms with E-state index >= 15 is 0 Å². The van der Waals surface area contributed by atoms with Crippen LogP contribution in [0.4, 0.5) is 0 Å². The summed E-state index contributed by atoms with van der Waals surface area (Å²) < 4.78 is 0. The van der Waals surface area contributed by atoms with Crippen LogP contribution in [0.2, 0.25) is 0 Å². The highest BCUT2D eigenvalue weighted by molar-refractivity contribution is 4.79. The second-order valence-corrected chi connectivity index (χ2v) is 4.34. The number of nitrogens with one attached hydrogen (secondary N) is 1. The highest BCUT2D eigenvalue weighted by Crippen LogP contribution is 2.11. The van der Waals surface area contributed by atoms with Crippen molar-refractivity contribution in [3.05, 3.63) is 0 Å². The highest BCUT2D eigenvalue weighted by atomic mass is 16.3. The summed E-state index contributed by atoms with van der Waals surface area (Å²) in [5.74, 6) is 0. The van der Waals surface area contributed by atoms with E-state index in [0.29, 0.717) is 6.04 Å². The van der Waals surface area contributed by atoms with Gasteiger partial charge in [0.2, 0.25) is 0 Å². The molecule has 0 saturated carbocycles. The van der Waals surface area contributed by atoms with Gasteiger partial charge < -0.3 is 10.4 Å². The van der Waals surface area contributed by atoms with E-state index in [2.05, 4.69) is 17.1 Å². The number of aliphatic hydroxyl groups is 1. The van der Waals surface area contributed by atoms with Gasteiger partial charge in [0.25, 0.3) is 0 Å². The van der Waals surface area contributed by atoms with E-state index in [0.717, 1.165) is 26.2 Å². The van der Waals surface area contributed by atoms with Gasteiger partial charge in [-0.25, -0.2) is 0 Å². The first-order valence-electron chi connectivity index (χ1n) is 5.87. The lowest BCUT2D eigenvalue weighted by Gasteiger charge is -2.35. The Morgan fingerprint density at radius 3 is 2.86 bits per heavy atom. The number of rotatable bonds is 5. The highest BCUT2D eigenvalue weighted by Gasteiger charge is 2.20. The van der Waals surface area contributed by atoms with Crippen LogP contribution in [0.3, 0.4) is 0 Å². The maximum absolute atomic E-state index is 9.42. The Kier molecular flexibility index (Phi) is 5.45. The van der Waals surface area contributed by atoms with Crippen LogP contribution in [0.25, 0.3) is 0 Å². The molecular formula is C11H24N2O. The van der Waals surface area contributed by atoms with E-state index in [1.165, 1.54) is 19.3 Å². The Balaban J connectivity index is 2.38. The molecule has 1 aliphatic heterocycles. The van der Waals surface area contributed by atoms with Crippen molar-refractivity contribution in [2.45, 2.75) is 45.3 Å². The van der Waals surface area contributed by atoms with Gasteiger partial charge in [-0.3, -0.25) is 4.90 Å². The molecule has 14 heavy (non-hydrogen) atoms. The molecule has 3 heteroatoms. The van der Waals surface area contributed by atoms with Crippen molar-refractivity contribution < 1.29 is 5.11 Å². The minimum atomic E-state index is -0.205. The van der Waals surface area contributed by atoms with Gasteiger partial charge in [-0.1, -0.05) is 6.92 Å². The number of piperidine rings is 1. The van der Waals surface area contributed by atoms with Crippen LogP contribution in [0.15, 0.2) is 0 Å². The molecule has 2 atom stereocenters. The topological polar surface area (TPSA) is 35.5 Å². The molecule has 0 amide bonds. The molecule has 1 heterocycles. The number of aliphatic hydroxyl groups excluding tert-OH is 1. The fourth-order valence-electron chi connectivity index (χ4n) is 2.19. The fourth-order valence-corrected chi connectivity index (χ4v) is 2.19. The fraction of sp³-hybridized carbons (Fsp3) is 1.00. The van der Waals surface area contributed by atoms with Crippen LogP contribution in [0, 0.1) is 0 Å².